The molecule has 0 radical (unpaired) electrons. The van der Waals surface area contributed by atoms with Crippen molar-refractivity contribution in [1.82, 2.24) is 19.9 Å². The lowest BCUT2D eigenvalue weighted by molar-refractivity contribution is 0.622. The van der Waals surface area contributed by atoms with E-state index >= 15 is 0 Å². The van der Waals surface area contributed by atoms with Crippen molar-refractivity contribution in [3.05, 3.63) is 42.1 Å². The average Bonchev–Trinajstić information content (AvgIpc) is 3.36. The molecule has 1 fully saturated rings. The second-order valence-corrected chi connectivity index (χ2v) is 5.63. The van der Waals surface area contributed by atoms with E-state index in [0.717, 1.165) is 12.8 Å². The SMILES string of the molecule is Cc1cccc(Nc2ncnc3cnc(NC4CC4)nc23)c1F. The van der Waals surface area contributed by atoms with Crippen molar-refractivity contribution in [1.29, 1.82) is 0 Å². The molecule has 116 valence electrons. The van der Waals surface area contributed by atoms with Crippen molar-refractivity contribution in [2.24, 2.45) is 0 Å². The molecular weight excluding hydrogens is 295 g/mol. The molecule has 4 rings (SSSR count). The lowest BCUT2D eigenvalue weighted by Crippen LogP contribution is -2.07. The van der Waals surface area contributed by atoms with E-state index in [9.17, 15) is 4.39 Å². The van der Waals surface area contributed by atoms with Crippen molar-refractivity contribution < 1.29 is 4.39 Å². The minimum Gasteiger partial charge on any atom is -0.351 e. The molecule has 1 aliphatic carbocycles. The Morgan fingerprint density at radius 3 is 2.87 bits per heavy atom. The Hall–Kier alpha value is -2.83. The molecule has 1 aliphatic rings. The summed E-state index contributed by atoms with van der Waals surface area (Å²) in [5.41, 5.74) is 2.10. The van der Waals surface area contributed by atoms with Crippen LogP contribution in [0.25, 0.3) is 11.0 Å². The molecule has 0 spiro atoms. The van der Waals surface area contributed by atoms with Gasteiger partial charge in [0, 0.05) is 6.04 Å². The summed E-state index contributed by atoms with van der Waals surface area (Å²) >= 11 is 0. The number of benzene rings is 1. The molecule has 6 nitrogen and oxygen atoms in total. The van der Waals surface area contributed by atoms with Gasteiger partial charge < -0.3 is 10.6 Å². The molecule has 7 heteroatoms. The number of rotatable bonds is 4. The highest BCUT2D eigenvalue weighted by Crippen LogP contribution is 2.27. The summed E-state index contributed by atoms with van der Waals surface area (Å²) in [6.07, 6.45) is 5.32. The zero-order valence-corrected chi connectivity index (χ0v) is 12.5. The number of nitrogens with one attached hydrogen (secondary N) is 2. The van der Waals surface area contributed by atoms with E-state index in [2.05, 4.69) is 30.6 Å². The maximum atomic E-state index is 14.2. The maximum absolute atomic E-state index is 14.2. The number of nitrogens with zero attached hydrogens (tertiary/aromatic N) is 4. The fraction of sp³-hybridized carbons (Fsp3) is 0.250. The Labute approximate surface area is 132 Å². The van der Waals surface area contributed by atoms with Gasteiger partial charge in [-0.15, -0.1) is 0 Å². The number of halogens is 1. The maximum Gasteiger partial charge on any atom is 0.223 e. The molecule has 0 amide bonds. The van der Waals surface area contributed by atoms with Crippen molar-refractivity contribution in [3.8, 4) is 0 Å². The fourth-order valence-electron chi connectivity index (χ4n) is 2.30. The summed E-state index contributed by atoms with van der Waals surface area (Å²) in [5.74, 6) is 0.702. The van der Waals surface area contributed by atoms with Crippen LogP contribution in [-0.2, 0) is 0 Å². The Balaban J connectivity index is 1.74. The molecule has 1 aromatic carbocycles. The van der Waals surface area contributed by atoms with E-state index in [1.807, 2.05) is 0 Å². The normalized spacial score (nSPS) is 14.0. The number of aryl methyl sites for hydroxylation is 1. The topological polar surface area (TPSA) is 75.6 Å². The predicted octanol–water partition coefficient (Wildman–Crippen LogP) is 3.19. The van der Waals surface area contributed by atoms with Crippen molar-refractivity contribution in [2.45, 2.75) is 25.8 Å². The lowest BCUT2D eigenvalue weighted by atomic mass is 10.2. The van der Waals surface area contributed by atoms with Gasteiger partial charge in [0.1, 0.15) is 23.2 Å². The monoisotopic (exact) mass is 310 g/mol. The van der Waals surface area contributed by atoms with E-state index < -0.39 is 0 Å². The number of fused-ring (bicyclic) bond motifs is 1. The average molecular weight is 310 g/mol. The highest BCUT2D eigenvalue weighted by atomic mass is 19.1. The first-order valence-electron chi connectivity index (χ1n) is 7.47. The van der Waals surface area contributed by atoms with Gasteiger partial charge in [0.15, 0.2) is 5.82 Å². The third-order valence-electron chi connectivity index (χ3n) is 3.73. The zero-order valence-electron chi connectivity index (χ0n) is 12.5. The van der Waals surface area contributed by atoms with Crippen LogP contribution in [0, 0.1) is 12.7 Å². The first-order chi connectivity index (χ1) is 11.2. The van der Waals surface area contributed by atoms with Crippen LogP contribution in [0.15, 0.2) is 30.7 Å². The molecule has 3 aromatic rings. The summed E-state index contributed by atoms with van der Waals surface area (Å²) in [4.78, 5) is 17.1. The largest absolute Gasteiger partial charge is 0.351 e. The van der Waals surface area contributed by atoms with Crippen LogP contribution in [0.4, 0.5) is 21.8 Å². The van der Waals surface area contributed by atoms with Crippen LogP contribution in [0.2, 0.25) is 0 Å². The van der Waals surface area contributed by atoms with Gasteiger partial charge in [0.2, 0.25) is 5.95 Å². The van der Waals surface area contributed by atoms with E-state index in [4.69, 9.17) is 0 Å². The van der Waals surface area contributed by atoms with Gasteiger partial charge >= 0.3 is 0 Å². The molecule has 1 saturated carbocycles. The molecule has 0 atom stereocenters. The predicted molar refractivity (Wildman–Crippen MR) is 86.2 cm³/mol. The van der Waals surface area contributed by atoms with Crippen LogP contribution in [0.1, 0.15) is 18.4 Å². The Morgan fingerprint density at radius 2 is 2.04 bits per heavy atom. The third kappa shape index (κ3) is 2.77. The second kappa shape index (κ2) is 5.42. The van der Waals surface area contributed by atoms with E-state index in [1.54, 1.807) is 31.3 Å². The van der Waals surface area contributed by atoms with Gasteiger partial charge in [0.05, 0.1) is 11.9 Å². The van der Waals surface area contributed by atoms with Crippen LogP contribution in [0.3, 0.4) is 0 Å². The van der Waals surface area contributed by atoms with Gasteiger partial charge in [-0.1, -0.05) is 12.1 Å². The Bertz CT molecular complexity index is 878. The molecule has 0 unspecified atom stereocenters. The molecule has 0 saturated heterocycles. The number of aromatic nitrogens is 4. The highest BCUT2D eigenvalue weighted by molar-refractivity contribution is 5.87. The van der Waals surface area contributed by atoms with Crippen molar-refractivity contribution in [2.75, 3.05) is 10.6 Å². The van der Waals surface area contributed by atoms with E-state index in [0.29, 0.717) is 40.1 Å². The van der Waals surface area contributed by atoms with Gasteiger partial charge in [-0.2, -0.15) is 0 Å². The Kier molecular flexibility index (Phi) is 3.25. The molecule has 0 aliphatic heterocycles. The van der Waals surface area contributed by atoms with Gasteiger partial charge in [-0.3, -0.25) is 0 Å². The van der Waals surface area contributed by atoms with Crippen molar-refractivity contribution >= 4 is 28.5 Å². The first-order valence-corrected chi connectivity index (χ1v) is 7.47. The summed E-state index contributed by atoms with van der Waals surface area (Å²) in [6, 6.07) is 5.63. The molecule has 2 aromatic heterocycles. The summed E-state index contributed by atoms with van der Waals surface area (Å²) in [6.45, 7) is 1.72. The van der Waals surface area contributed by atoms with Crippen LogP contribution in [0.5, 0.6) is 0 Å². The second-order valence-electron chi connectivity index (χ2n) is 5.63. The highest BCUT2D eigenvalue weighted by Gasteiger charge is 2.22. The number of hydrogen-bond acceptors (Lipinski definition) is 6. The molecular formula is C16H15FN6. The van der Waals surface area contributed by atoms with Crippen LogP contribution < -0.4 is 10.6 Å². The molecule has 2 N–H and O–H groups in total. The minimum absolute atomic E-state index is 0.301. The lowest BCUT2D eigenvalue weighted by Gasteiger charge is -2.10. The molecule has 23 heavy (non-hydrogen) atoms. The fourth-order valence-corrected chi connectivity index (χ4v) is 2.30. The molecule has 2 heterocycles. The van der Waals surface area contributed by atoms with Crippen LogP contribution in [-0.4, -0.2) is 26.0 Å². The summed E-state index contributed by atoms with van der Waals surface area (Å²) < 4.78 is 14.2. The zero-order chi connectivity index (χ0) is 15.8. The summed E-state index contributed by atoms with van der Waals surface area (Å²) in [5, 5.41) is 6.25. The molecule has 0 bridgehead atoms. The summed E-state index contributed by atoms with van der Waals surface area (Å²) in [7, 11) is 0. The quantitative estimate of drug-likeness (QED) is 0.771. The minimum atomic E-state index is -0.301. The third-order valence-corrected chi connectivity index (χ3v) is 3.73. The number of anilines is 3. The van der Waals surface area contributed by atoms with Crippen LogP contribution >= 0.6 is 0 Å². The van der Waals surface area contributed by atoms with Gasteiger partial charge in [0.25, 0.3) is 0 Å². The van der Waals surface area contributed by atoms with Gasteiger partial charge in [-0.25, -0.2) is 24.3 Å². The first kappa shape index (κ1) is 13.8. The van der Waals surface area contributed by atoms with Gasteiger partial charge in [-0.05, 0) is 31.4 Å². The number of hydrogen-bond donors (Lipinski definition) is 2. The smallest absolute Gasteiger partial charge is 0.223 e. The van der Waals surface area contributed by atoms with E-state index in [-0.39, 0.29) is 5.82 Å². The Morgan fingerprint density at radius 1 is 1.17 bits per heavy atom. The van der Waals surface area contributed by atoms with Crippen molar-refractivity contribution in [3.63, 3.8) is 0 Å². The van der Waals surface area contributed by atoms with E-state index in [1.165, 1.54) is 6.33 Å². The standard InChI is InChI=1S/C16H15FN6/c1-9-3-2-4-11(13(9)17)22-15-14-12(19-8-20-15)7-18-16(23-14)21-10-5-6-10/h2-4,7-8,10H,5-6H2,1H3,(H,18,21,23)(H,19,20,22).